The van der Waals surface area contributed by atoms with Crippen molar-refractivity contribution in [2.24, 2.45) is 0 Å². The maximum absolute atomic E-state index is 12.4. The van der Waals surface area contributed by atoms with Gasteiger partial charge in [0, 0.05) is 0 Å². The average molecular weight is 441 g/mol. The first kappa shape index (κ1) is 21.7. The predicted molar refractivity (Wildman–Crippen MR) is 102 cm³/mol. The van der Waals surface area contributed by atoms with Crippen LogP contribution in [0.5, 0.6) is 0 Å². The molecule has 0 N–H and O–H groups in total. The molecule has 1 aromatic rings. The molecular formula is C19H28AsNO6. The first-order valence-electron chi connectivity index (χ1n) is 8.84. The Bertz CT molecular complexity index is 618. The summed E-state index contributed by atoms with van der Waals surface area (Å²) in [4.78, 5) is 26.2. The molecule has 1 heterocycles. The third-order valence-electron chi connectivity index (χ3n) is 3.83. The molecule has 7 nitrogen and oxygen atoms in total. The molecule has 0 radical (unpaired) electrons. The third kappa shape index (κ3) is 7.52. The van der Waals surface area contributed by atoms with Crippen molar-refractivity contribution in [3.63, 3.8) is 0 Å². The van der Waals surface area contributed by atoms with E-state index < -0.39 is 27.4 Å². The average Bonchev–Trinajstić information content (AvgIpc) is 2.99. The van der Waals surface area contributed by atoms with Gasteiger partial charge in [0.25, 0.3) is 0 Å². The number of methoxy groups -OCH3 is 1. The quantitative estimate of drug-likeness (QED) is 0.479. The van der Waals surface area contributed by atoms with Gasteiger partial charge in [-0.15, -0.1) is 0 Å². The van der Waals surface area contributed by atoms with E-state index in [-0.39, 0.29) is 29.0 Å². The molecule has 1 fully saturated rings. The van der Waals surface area contributed by atoms with E-state index in [1.54, 1.807) is 12.0 Å². The van der Waals surface area contributed by atoms with Crippen LogP contribution < -0.4 is 0 Å². The summed E-state index contributed by atoms with van der Waals surface area (Å²) in [7, 11) is 1.54. The minimum atomic E-state index is -1.12. The molecular weight excluding hydrogens is 413 g/mol. The fourth-order valence-corrected chi connectivity index (χ4v) is 5.52. The summed E-state index contributed by atoms with van der Waals surface area (Å²) >= 11 is -1.12. The van der Waals surface area contributed by atoms with Gasteiger partial charge in [-0.1, -0.05) is 0 Å². The van der Waals surface area contributed by atoms with Gasteiger partial charge in [-0.25, -0.2) is 0 Å². The Morgan fingerprint density at radius 2 is 1.89 bits per heavy atom. The second-order valence-corrected chi connectivity index (χ2v) is 10.3. The molecule has 1 aliphatic rings. The zero-order valence-electron chi connectivity index (χ0n) is 16.3. The van der Waals surface area contributed by atoms with E-state index >= 15 is 0 Å². The van der Waals surface area contributed by atoms with E-state index in [0.717, 1.165) is 5.56 Å². The Labute approximate surface area is 167 Å². The van der Waals surface area contributed by atoms with Crippen molar-refractivity contribution in [2.45, 2.75) is 43.8 Å². The SMILES string of the molecule is COCOC1CN(C(=O)OCc2ccccc2)CC1[AsH]C(=O)OC(C)(C)C. The van der Waals surface area contributed by atoms with Gasteiger partial charge in [0.1, 0.15) is 0 Å². The molecule has 27 heavy (non-hydrogen) atoms. The van der Waals surface area contributed by atoms with Gasteiger partial charge in [0.05, 0.1) is 0 Å². The molecule has 3 unspecified atom stereocenters. The molecule has 0 spiro atoms. The standard InChI is InChI=1S/C19H28AsNO6/c1-19(2,3)27-17(22)20-15-10-21(11-16(15)26-13-24-4)18(23)25-12-14-8-6-5-7-9-14/h5-9,15-16,20H,10-13H2,1-4H3. The zero-order valence-corrected chi connectivity index (χ0v) is 18.4. The number of carbonyl (C=O) groups is 2. The normalized spacial score (nSPS) is 20.2. The fourth-order valence-electron chi connectivity index (χ4n) is 2.66. The van der Waals surface area contributed by atoms with Crippen LogP contribution in [-0.4, -0.2) is 70.2 Å². The van der Waals surface area contributed by atoms with Crippen molar-refractivity contribution in [3.05, 3.63) is 35.9 Å². The van der Waals surface area contributed by atoms with Crippen LogP contribution in [0.1, 0.15) is 26.3 Å². The number of ether oxygens (including phenoxy) is 4. The minimum absolute atomic E-state index is 0.0423. The Kier molecular flexibility index (Phi) is 8.14. The molecule has 2 rings (SSSR count). The molecule has 0 aromatic heterocycles. The van der Waals surface area contributed by atoms with Crippen LogP contribution in [0.15, 0.2) is 30.3 Å². The van der Waals surface area contributed by atoms with Crippen LogP contribution in [0.4, 0.5) is 9.59 Å². The van der Waals surface area contributed by atoms with Gasteiger partial charge in [-0.3, -0.25) is 0 Å². The number of likely N-dealkylation sites (tertiary alicyclic amines) is 1. The van der Waals surface area contributed by atoms with E-state index in [0.29, 0.717) is 13.1 Å². The summed E-state index contributed by atoms with van der Waals surface area (Å²) in [5, 5.41) is 0. The number of nitrogens with zero attached hydrogens (tertiary/aromatic N) is 1. The van der Waals surface area contributed by atoms with Gasteiger partial charge in [0.2, 0.25) is 0 Å². The molecule has 3 atom stereocenters. The Hall–Kier alpha value is -1.56. The van der Waals surface area contributed by atoms with Crippen molar-refractivity contribution in [3.8, 4) is 0 Å². The maximum atomic E-state index is 12.4. The number of amides is 1. The molecule has 8 heteroatoms. The van der Waals surface area contributed by atoms with E-state index in [9.17, 15) is 9.59 Å². The van der Waals surface area contributed by atoms with Crippen molar-refractivity contribution in [1.29, 1.82) is 0 Å². The second kappa shape index (κ2) is 10.1. The number of benzene rings is 1. The third-order valence-corrected chi connectivity index (χ3v) is 6.48. The molecule has 1 aromatic carbocycles. The van der Waals surface area contributed by atoms with Crippen molar-refractivity contribution < 1.29 is 28.5 Å². The summed E-state index contributed by atoms with van der Waals surface area (Å²) in [5.41, 5.74) is 0.409. The van der Waals surface area contributed by atoms with Gasteiger partial charge in [-0.2, -0.15) is 0 Å². The predicted octanol–water partition coefficient (Wildman–Crippen LogP) is 2.79. The van der Waals surface area contributed by atoms with Crippen LogP contribution in [0.25, 0.3) is 0 Å². The molecule has 150 valence electrons. The molecule has 0 saturated carbocycles. The summed E-state index contributed by atoms with van der Waals surface area (Å²) in [6.07, 6.45) is -0.648. The van der Waals surface area contributed by atoms with Crippen molar-refractivity contribution in [2.75, 3.05) is 27.0 Å². The van der Waals surface area contributed by atoms with Gasteiger partial charge in [0.15, 0.2) is 0 Å². The second-order valence-electron chi connectivity index (χ2n) is 7.31. The van der Waals surface area contributed by atoms with Crippen LogP contribution in [0.3, 0.4) is 0 Å². The van der Waals surface area contributed by atoms with Crippen molar-refractivity contribution in [1.82, 2.24) is 4.90 Å². The number of rotatable bonds is 7. The van der Waals surface area contributed by atoms with E-state index in [4.69, 9.17) is 18.9 Å². The van der Waals surface area contributed by atoms with Crippen LogP contribution in [0, 0.1) is 0 Å². The molecule has 1 aliphatic heterocycles. The Balaban J connectivity index is 1.92. The molecule has 0 bridgehead atoms. The first-order chi connectivity index (χ1) is 12.8. The van der Waals surface area contributed by atoms with Gasteiger partial charge >= 0.3 is 167 Å². The molecule has 1 amide bonds. The number of hydrogen-bond acceptors (Lipinski definition) is 6. The Morgan fingerprint density at radius 3 is 2.52 bits per heavy atom. The molecule has 1 saturated heterocycles. The van der Waals surface area contributed by atoms with Crippen LogP contribution in [-0.2, 0) is 25.6 Å². The van der Waals surface area contributed by atoms with Gasteiger partial charge < -0.3 is 0 Å². The van der Waals surface area contributed by atoms with Crippen LogP contribution in [0.2, 0.25) is 4.71 Å². The summed E-state index contributed by atoms with van der Waals surface area (Å²) in [5.74, 6) is 0. The van der Waals surface area contributed by atoms with Gasteiger partial charge in [-0.05, 0) is 0 Å². The van der Waals surface area contributed by atoms with Crippen molar-refractivity contribution >= 4 is 26.6 Å². The van der Waals surface area contributed by atoms with E-state index in [1.165, 1.54) is 0 Å². The fraction of sp³-hybridized carbons (Fsp3) is 0.579. The topological polar surface area (TPSA) is 74.3 Å². The summed E-state index contributed by atoms with van der Waals surface area (Å²) in [6, 6.07) is 9.51. The Morgan fingerprint density at radius 1 is 1.19 bits per heavy atom. The van der Waals surface area contributed by atoms with E-state index in [2.05, 4.69) is 0 Å². The molecule has 0 aliphatic carbocycles. The zero-order chi connectivity index (χ0) is 19.9. The van der Waals surface area contributed by atoms with Crippen LogP contribution >= 0.6 is 0 Å². The summed E-state index contributed by atoms with van der Waals surface area (Å²) < 4.78 is 21.3. The number of carbonyl (C=O) groups excluding carboxylic acids is 2. The monoisotopic (exact) mass is 441 g/mol. The number of hydrogen-bond donors (Lipinski definition) is 0. The summed E-state index contributed by atoms with van der Waals surface area (Å²) in [6.45, 7) is 6.68. The van der Waals surface area contributed by atoms with E-state index in [1.807, 2.05) is 51.1 Å². The first-order valence-corrected chi connectivity index (χ1v) is 11.1.